The Morgan fingerprint density at radius 1 is 1.32 bits per heavy atom. The maximum Gasteiger partial charge on any atom is 0.291 e. The van der Waals surface area contributed by atoms with Gasteiger partial charge < -0.3 is 5.32 Å². The Labute approximate surface area is 111 Å². The molecule has 1 aromatic carbocycles. The average molecular weight is 257 g/mol. The van der Waals surface area contributed by atoms with E-state index >= 15 is 0 Å². The molecule has 0 aliphatic rings. The van der Waals surface area contributed by atoms with Crippen molar-refractivity contribution >= 4 is 17.4 Å². The predicted molar refractivity (Wildman–Crippen MR) is 71.8 cm³/mol. The Morgan fingerprint density at radius 3 is 2.74 bits per heavy atom. The normalized spacial score (nSPS) is 10.2. The van der Waals surface area contributed by atoms with E-state index in [-0.39, 0.29) is 0 Å². The molecular formula is C14H15N3O2. The van der Waals surface area contributed by atoms with Gasteiger partial charge in [0.2, 0.25) is 5.78 Å². The number of ketones is 1. The van der Waals surface area contributed by atoms with Crippen LogP contribution in [0.25, 0.3) is 0 Å². The highest BCUT2D eigenvalue weighted by molar-refractivity contribution is 6.39. The van der Waals surface area contributed by atoms with E-state index < -0.39 is 11.7 Å². The summed E-state index contributed by atoms with van der Waals surface area (Å²) in [5, 5.41) is 6.65. The van der Waals surface area contributed by atoms with Crippen molar-refractivity contribution in [3.8, 4) is 0 Å². The third-order valence-corrected chi connectivity index (χ3v) is 2.80. The zero-order valence-electron chi connectivity index (χ0n) is 10.9. The molecule has 5 heteroatoms. The fourth-order valence-corrected chi connectivity index (χ4v) is 1.70. The predicted octanol–water partition coefficient (Wildman–Crippen LogP) is 1.77. The van der Waals surface area contributed by atoms with E-state index in [1.807, 2.05) is 31.2 Å². The number of benzene rings is 1. The largest absolute Gasteiger partial charge is 0.317 e. The van der Waals surface area contributed by atoms with Crippen LogP contribution in [0.4, 0.5) is 5.69 Å². The first-order valence-corrected chi connectivity index (χ1v) is 5.95. The second-order valence-corrected chi connectivity index (χ2v) is 4.36. The molecule has 0 radical (unpaired) electrons. The van der Waals surface area contributed by atoms with Gasteiger partial charge in [-0.25, -0.2) is 0 Å². The summed E-state index contributed by atoms with van der Waals surface area (Å²) in [7, 11) is 0. The van der Waals surface area contributed by atoms with Crippen LogP contribution in [-0.2, 0) is 16.1 Å². The van der Waals surface area contributed by atoms with Crippen LogP contribution in [0.15, 0.2) is 36.7 Å². The quantitative estimate of drug-likeness (QED) is 0.849. The number of carbonyl (C=O) groups is 2. The molecule has 0 unspecified atom stereocenters. The third kappa shape index (κ3) is 3.28. The lowest BCUT2D eigenvalue weighted by Gasteiger charge is -2.05. The van der Waals surface area contributed by atoms with Crippen molar-refractivity contribution in [3.63, 3.8) is 0 Å². The Hall–Kier alpha value is -2.43. The summed E-state index contributed by atoms with van der Waals surface area (Å²) in [5.41, 5.74) is 2.87. The van der Waals surface area contributed by atoms with Crippen LogP contribution >= 0.6 is 0 Å². The van der Waals surface area contributed by atoms with Crippen LogP contribution < -0.4 is 5.32 Å². The summed E-state index contributed by atoms with van der Waals surface area (Å²) >= 11 is 0. The van der Waals surface area contributed by atoms with Crippen molar-refractivity contribution in [1.29, 1.82) is 0 Å². The van der Waals surface area contributed by atoms with Gasteiger partial charge in [0.15, 0.2) is 0 Å². The van der Waals surface area contributed by atoms with Crippen molar-refractivity contribution in [1.82, 2.24) is 9.78 Å². The molecule has 1 amide bonds. The fraction of sp³-hybridized carbons (Fsp3) is 0.214. The molecule has 0 saturated carbocycles. The third-order valence-electron chi connectivity index (χ3n) is 2.80. The van der Waals surface area contributed by atoms with Crippen LogP contribution in [0.3, 0.4) is 0 Å². The minimum Gasteiger partial charge on any atom is -0.317 e. The van der Waals surface area contributed by atoms with Crippen molar-refractivity contribution in [3.05, 3.63) is 47.8 Å². The first kappa shape index (κ1) is 13.0. The first-order chi connectivity index (χ1) is 9.06. The minimum atomic E-state index is -0.629. The number of nitrogens with zero attached hydrogens (tertiary/aromatic N) is 2. The van der Waals surface area contributed by atoms with Gasteiger partial charge in [0.05, 0.1) is 18.4 Å². The van der Waals surface area contributed by atoms with E-state index in [0.29, 0.717) is 12.2 Å². The summed E-state index contributed by atoms with van der Waals surface area (Å²) in [4.78, 5) is 22.1. The van der Waals surface area contributed by atoms with Crippen molar-refractivity contribution in [2.75, 3.05) is 5.32 Å². The van der Waals surface area contributed by atoms with Gasteiger partial charge in [-0.3, -0.25) is 14.3 Å². The fourth-order valence-electron chi connectivity index (χ4n) is 1.70. The highest BCUT2D eigenvalue weighted by Crippen LogP contribution is 2.11. The number of amides is 1. The highest BCUT2D eigenvalue weighted by atomic mass is 16.2. The number of hydrogen-bond donors (Lipinski definition) is 1. The number of nitrogens with one attached hydrogen (secondary N) is 1. The van der Waals surface area contributed by atoms with E-state index in [4.69, 9.17) is 0 Å². The zero-order valence-corrected chi connectivity index (χ0v) is 10.9. The number of carbonyl (C=O) groups excluding carboxylic acids is 2. The van der Waals surface area contributed by atoms with Crippen molar-refractivity contribution < 1.29 is 9.59 Å². The average Bonchev–Trinajstić information content (AvgIpc) is 2.79. The second-order valence-electron chi connectivity index (χ2n) is 4.36. The minimum absolute atomic E-state index is 0.522. The number of anilines is 1. The number of aromatic nitrogens is 2. The number of aryl methyl sites for hydroxylation is 1. The molecule has 2 aromatic rings. The molecule has 19 heavy (non-hydrogen) atoms. The SMILES string of the molecule is CC(=O)C(=O)Nc1cnn(Cc2ccccc2C)c1. The number of rotatable bonds is 4. The Kier molecular flexibility index (Phi) is 3.75. The summed E-state index contributed by atoms with van der Waals surface area (Å²) in [6, 6.07) is 8.03. The van der Waals surface area contributed by atoms with Gasteiger partial charge in [-0.05, 0) is 18.1 Å². The standard InChI is InChI=1S/C14H15N3O2/c1-10-5-3-4-6-12(10)8-17-9-13(7-15-17)16-14(19)11(2)18/h3-7,9H,8H2,1-2H3,(H,16,19). The van der Waals surface area contributed by atoms with Crippen molar-refractivity contribution in [2.24, 2.45) is 0 Å². The monoisotopic (exact) mass is 257 g/mol. The summed E-state index contributed by atoms with van der Waals surface area (Å²) < 4.78 is 1.72. The van der Waals surface area contributed by atoms with Gasteiger partial charge in [-0.1, -0.05) is 24.3 Å². The molecular weight excluding hydrogens is 242 g/mol. The molecule has 2 rings (SSSR count). The molecule has 0 atom stereocenters. The summed E-state index contributed by atoms with van der Waals surface area (Å²) in [6.45, 7) is 3.90. The van der Waals surface area contributed by atoms with Gasteiger partial charge in [0, 0.05) is 13.1 Å². The lowest BCUT2D eigenvalue weighted by Crippen LogP contribution is -2.19. The Balaban J connectivity index is 2.08. The number of hydrogen-bond acceptors (Lipinski definition) is 3. The smallest absolute Gasteiger partial charge is 0.291 e. The van der Waals surface area contributed by atoms with E-state index in [1.165, 1.54) is 18.7 Å². The maximum atomic E-state index is 11.2. The molecule has 0 spiro atoms. The Morgan fingerprint density at radius 2 is 2.05 bits per heavy atom. The molecule has 0 bridgehead atoms. The molecule has 1 aromatic heterocycles. The van der Waals surface area contributed by atoms with Gasteiger partial charge in [-0.2, -0.15) is 5.10 Å². The molecule has 0 aliphatic heterocycles. The second kappa shape index (κ2) is 5.48. The molecule has 0 aliphatic carbocycles. The highest BCUT2D eigenvalue weighted by Gasteiger charge is 2.09. The summed E-state index contributed by atoms with van der Waals surface area (Å²) in [5.74, 6) is -1.15. The van der Waals surface area contributed by atoms with E-state index in [9.17, 15) is 9.59 Å². The van der Waals surface area contributed by atoms with Crippen molar-refractivity contribution in [2.45, 2.75) is 20.4 Å². The zero-order chi connectivity index (χ0) is 13.8. The lowest BCUT2D eigenvalue weighted by molar-refractivity contribution is -0.133. The molecule has 5 nitrogen and oxygen atoms in total. The Bertz CT molecular complexity index is 617. The van der Waals surface area contributed by atoms with Gasteiger partial charge in [-0.15, -0.1) is 0 Å². The number of Topliss-reactive ketones (excluding diaryl/α,β-unsaturated/α-hetero) is 1. The topological polar surface area (TPSA) is 64.0 Å². The van der Waals surface area contributed by atoms with Crippen LogP contribution in [0.1, 0.15) is 18.1 Å². The maximum absolute atomic E-state index is 11.2. The van der Waals surface area contributed by atoms with Crippen LogP contribution in [0, 0.1) is 6.92 Å². The van der Waals surface area contributed by atoms with Crippen LogP contribution in [0.5, 0.6) is 0 Å². The lowest BCUT2D eigenvalue weighted by atomic mass is 10.1. The first-order valence-electron chi connectivity index (χ1n) is 5.95. The van der Waals surface area contributed by atoms with Gasteiger partial charge >= 0.3 is 0 Å². The molecule has 1 N–H and O–H groups in total. The van der Waals surface area contributed by atoms with Gasteiger partial charge in [0.1, 0.15) is 0 Å². The molecule has 0 fully saturated rings. The van der Waals surface area contributed by atoms with Gasteiger partial charge in [0.25, 0.3) is 5.91 Å². The van der Waals surface area contributed by atoms with E-state index in [0.717, 1.165) is 5.56 Å². The van der Waals surface area contributed by atoms with Crippen LogP contribution in [-0.4, -0.2) is 21.5 Å². The summed E-state index contributed by atoms with van der Waals surface area (Å²) in [6.07, 6.45) is 3.23. The van der Waals surface area contributed by atoms with E-state index in [1.54, 1.807) is 10.9 Å². The van der Waals surface area contributed by atoms with Crippen LogP contribution in [0.2, 0.25) is 0 Å². The molecule has 0 saturated heterocycles. The molecule has 98 valence electrons. The molecule has 1 heterocycles. The van der Waals surface area contributed by atoms with E-state index in [2.05, 4.69) is 10.4 Å².